The quantitative estimate of drug-likeness (QED) is 0.694. The fraction of sp³-hybridized carbons (Fsp3) is 0.500. The number of likely N-dealkylation sites (tertiary alicyclic amines) is 1. The minimum atomic E-state index is 0.0946. The van der Waals surface area contributed by atoms with Gasteiger partial charge in [0.05, 0.1) is 17.6 Å². The highest BCUT2D eigenvalue weighted by Gasteiger charge is 2.75. The van der Waals surface area contributed by atoms with Crippen molar-refractivity contribution in [2.75, 3.05) is 36.9 Å². The number of hydrogen-bond donors (Lipinski definition) is 1. The van der Waals surface area contributed by atoms with E-state index in [1.807, 2.05) is 0 Å². The van der Waals surface area contributed by atoms with Crippen molar-refractivity contribution in [1.29, 1.82) is 0 Å². The van der Waals surface area contributed by atoms with E-state index in [-0.39, 0.29) is 10.8 Å². The van der Waals surface area contributed by atoms with Gasteiger partial charge in [0.25, 0.3) is 0 Å². The summed E-state index contributed by atoms with van der Waals surface area (Å²) in [5.74, 6) is 0. The normalized spacial score (nSPS) is 37.9. The molecule has 6 heterocycles. The molecule has 6 aliphatic rings. The highest BCUT2D eigenvalue weighted by Crippen LogP contribution is 2.70. The second-order valence-electron chi connectivity index (χ2n) is 10.8. The minimum absolute atomic E-state index is 0.0946. The Kier molecular flexibility index (Phi) is 3.71. The number of hydrogen-bond acceptors (Lipinski definition) is 4. The molecule has 6 atom stereocenters. The molecule has 0 aromatic heterocycles. The van der Waals surface area contributed by atoms with Gasteiger partial charge in [0.1, 0.15) is 6.17 Å². The maximum Gasteiger partial charge on any atom is 0.110 e. The van der Waals surface area contributed by atoms with Crippen LogP contribution in [0.4, 0.5) is 11.4 Å². The van der Waals surface area contributed by atoms with Crippen LogP contribution in [0.3, 0.4) is 0 Å². The minimum Gasteiger partial charge on any atom is -0.364 e. The summed E-state index contributed by atoms with van der Waals surface area (Å²) < 4.78 is 0. The molecule has 1 N–H and O–H groups in total. The highest BCUT2D eigenvalue weighted by atomic mass is 15.4. The van der Waals surface area contributed by atoms with Gasteiger partial charge in [-0.25, -0.2) is 0 Å². The molecule has 2 fully saturated rings. The number of nitrogens with zero attached hydrogens (tertiary/aromatic N) is 3. The first kappa shape index (κ1) is 19.2. The molecule has 32 heavy (non-hydrogen) atoms. The fourth-order valence-corrected chi connectivity index (χ4v) is 8.58. The lowest BCUT2D eigenvalue weighted by atomic mass is 9.50. The lowest BCUT2D eigenvalue weighted by Gasteiger charge is -2.62. The number of piperidine rings is 1. The maximum atomic E-state index is 4.06. The number of allylic oxidation sites excluding steroid dienone is 1. The Labute approximate surface area is 191 Å². The third-order valence-corrected chi connectivity index (χ3v) is 9.48. The molecule has 0 aliphatic carbocycles. The van der Waals surface area contributed by atoms with Gasteiger partial charge in [0.15, 0.2) is 0 Å². The van der Waals surface area contributed by atoms with Crippen molar-refractivity contribution < 1.29 is 0 Å². The van der Waals surface area contributed by atoms with Crippen LogP contribution in [0.2, 0.25) is 0 Å². The van der Waals surface area contributed by atoms with Crippen LogP contribution in [0.25, 0.3) is 0 Å². The summed E-state index contributed by atoms with van der Waals surface area (Å²) >= 11 is 0. The zero-order valence-electron chi connectivity index (χ0n) is 19.7. The van der Waals surface area contributed by atoms with Crippen LogP contribution in [0.5, 0.6) is 0 Å². The Hall–Kier alpha value is -2.30. The van der Waals surface area contributed by atoms with Gasteiger partial charge in [-0.3, -0.25) is 9.80 Å². The summed E-state index contributed by atoms with van der Waals surface area (Å²) in [6, 6.07) is 16.7. The average molecular weight is 427 g/mol. The standard InChI is InChI=1S/C28H34N4/c1-5-31-15-13-27-20-10-6-7-11-21(20)29-25-28(27)14-16-32(26(27)31)23(17-18(2)3)19-9-8-12-22(24(19)28)30(25)4/h6-12,17,23,25-26,29H,5,13-16H2,1-4H3/t23-,25-,26-,27+,28+/m1/s1. The molecule has 1 unspecified atom stereocenters. The molecule has 0 amide bonds. The first-order valence-corrected chi connectivity index (χ1v) is 12.4. The van der Waals surface area contributed by atoms with Crippen LogP contribution in [-0.4, -0.2) is 48.8 Å². The molecule has 2 aromatic carbocycles. The van der Waals surface area contributed by atoms with E-state index in [0.29, 0.717) is 18.4 Å². The second-order valence-corrected chi connectivity index (χ2v) is 10.8. The van der Waals surface area contributed by atoms with Crippen molar-refractivity contribution >= 4 is 11.4 Å². The van der Waals surface area contributed by atoms with Crippen LogP contribution < -0.4 is 10.2 Å². The Morgan fingerprint density at radius 2 is 1.88 bits per heavy atom. The van der Waals surface area contributed by atoms with Crippen molar-refractivity contribution in [1.82, 2.24) is 9.80 Å². The first-order chi connectivity index (χ1) is 15.5. The third kappa shape index (κ3) is 1.91. The number of nitrogens with one attached hydrogen (secondary N) is 1. The van der Waals surface area contributed by atoms with Crippen molar-refractivity contribution in [3.8, 4) is 0 Å². The van der Waals surface area contributed by atoms with E-state index in [1.54, 1.807) is 16.7 Å². The van der Waals surface area contributed by atoms with E-state index in [1.165, 1.54) is 36.3 Å². The number of anilines is 2. The van der Waals surface area contributed by atoms with E-state index in [2.05, 4.69) is 96.4 Å². The molecule has 6 aliphatic heterocycles. The van der Waals surface area contributed by atoms with Gasteiger partial charge in [0.2, 0.25) is 0 Å². The van der Waals surface area contributed by atoms with Crippen LogP contribution in [0.15, 0.2) is 54.1 Å². The van der Waals surface area contributed by atoms with Gasteiger partial charge in [-0.1, -0.05) is 48.9 Å². The van der Waals surface area contributed by atoms with Crippen molar-refractivity contribution in [2.45, 2.75) is 62.8 Å². The number of para-hydroxylation sites is 1. The molecule has 0 radical (unpaired) electrons. The van der Waals surface area contributed by atoms with Gasteiger partial charge in [-0.05, 0) is 62.1 Å². The van der Waals surface area contributed by atoms with Crippen LogP contribution in [0, 0.1) is 0 Å². The van der Waals surface area contributed by atoms with Crippen LogP contribution in [-0.2, 0) is 10.8 Å². The van der Waals surface area contributed by atoms with Gasteiger partial charge >= 0.3 is 0 Å². The molecule has 0 saturated carbocycles. The SMILES string of the molecule is CCN1CC[C@@]23c4ccccc4N[C@@H]4N(C)c5cccc6c5[C@@]42CCN([C@@H]6C=C(C)C)[C@@H]13. The van der Waals surface area contributed by atoms with E-state index in [9.17, 15) is 0 Å². The van der Waals surface area contributed by atoms with Crippen molar-refractivity contribution in [3.63, 3.8) is 0 Å². The van der Waals surface area contributed by atoms with Gasteiger partial charge < -0.3 is 10.2 Å². The molecule has 2 bridgehead atoms. The molecular formula is C28H34N4. The number of likely N-dealkylation sites (N-methyl/N-ethyl adjacent to an activating group) is 2. The van der Waals surface area contributed by atoms with Crippen molar-refractivity contribution in [3.05, 3.63) is 70.8 Å². The molecular weight excluding hydrogens is 392 g/mol. The van der Waals surface area contributed by atoms with E-state index in [0.717, 1.165) is 13.1 Å². The molecule has 8 rings (SSSR count). The first-order valence-electron chi connectivity index (χ1n) is 12.4. The van der Waals surface area contributed by atoms with Crippen LogP contribution >= 0.6 is 0 Å². The second kappa shape index (κ2) is 6.18. The van der Waals surface area contributed by atoms with Gasteiger partial charge in [-0.2, -0.15) is 0 Å². The Balaban J connectivity index is 1.64. The molecule has 4 nitrogen and oxygen atoms in total. The maximum absolute atomic E-state index is 4.06. The largest absolute Gasteiger partial charge is 0.364 e. The summed E-state index contributed by atoms with van der Waals surface area (Å²) in [5, 5.41) is 4.06. The van der Waals surface area contributed by atoms with E-state index >= 15 is 0 Å². The van der Waals surface area contributed by atoms with E-state index < -0.39 is 0 Å². The van der Waals surface area contributed by atoms with E-state index in [4.69, 9.17) is 0 Å². The summed E-state index contributed by atoms with van der Waals surface area (Å²) in [6.07, 6.45) is 5.73. The molecule has 2 aromatic rings. The van der Waals surface area contributed by atoms with Crippen LogP contribution in [0.1, 0.15) is 56.3 Å². The smallest absolute Gasteiger partial charge is 0.110 e. The summed E-state index contributed by atoms with van der Waals surface area (Å²) in [4.78, 5) is 8.24. The number of benzene rings is 2. The predicted octanol–water partition coefficient (Wildman–Crippen LogP) is 4.84. The number of rotatable bonds is 2. The van der Waals surface area contributed by atoms with Crippen molar-refractivity contribution in [2.24, 2.45) is 0 Å². The zero-order valence-corrected chi connectivity index (χ0v) is 19.7. The summed E-state index contributed by atoms with van der Waals surface area (Å²) in [7, 11) is 2.32. The van der Waals surface area contributed by atoms with Gasteiger partial charge in [0, 0.05) is 36.9 Å². The topological polar surface area (TPSA) is 21.8 Å². The molecule has 166 valence electrons. The number of fused-ring (bicyclic) bond motifs is 2. The fourth-order valence-electron chi connectivity index (χ4n) is 8.58. The van der Waals surface area contributed by atoms with Gasteiger partial charge in [-0.15, -0.1) is 0 Å². The molecule has 2 saturated heterocycles. The lowest BCUT2D eigenvalue weighted by molar-refractivity contribution is -0.0524. The highest BCUT2D eigenvalue weighted by molar-refractivity contribution is 5.77. The Bertz CT molecular complexity index is 1150. The lowest BCUT2D eigenvalue weighted by Crippen LogP contribution is -2.72. The monoisotopic (exact) mass is 426 g/mol. The molecule has 4 heteroatoms. The predicted molar refractivity (Wildman–Crippen MR) is 131 cm³/mol. The Morgan fingerprint density at radius 3 is 2.69 bits per heavy atom. The molecule has 2 spiro atoms. The third-order valence-electron chi connectivity index (χ3n) is 9.48. The summed E-state index contributed by atoms with van der Waals surface area (Å²) in [5.41, 5.74) is 9.13. The Morgan fingerprint density at radius 1 is 1.06 bits per heavy atom. The zero-order chi connectivity index (χ0) is 21.8. The summed E-state index contributed by atoms with van der Waals surface area (Å²) in [6.45, 7) is 10.3. The average Bonchev–Trinajstić information content (AvgIpc) is 3.24.